The zero-order valence-corrected chi connectivity index (χ0v) is 15.3. The zero-order chi connectivity index (χ0) is 15.3. The van der Waals surface area contributed by atoms with Crippen molar-refractivity contribution in [3.05, 3.63) is 0 Å². The van der Waals surface area contributed by atoms with Crippen molar-refractivity contribution < 1.29 is 0 Å². The number of hydrogen-bond acceptors (Lipinski definition) is 0. The van der Waals surface area contributed by atoms with Crippen LogP contribution in [0.5, 0.6) is 0 Å². The van der Waals surface area contributed by atoms with E-state index in [2.05, 4.69) is 55.4 Å². The van der Waals surface area contributed by atoms with E-state index in [1.54, 1.807) is 0 Å². The zero-order valence-electron chi connectivity index (χ0n) is 15.3. The topological polar surface area (TPSA) is 0 Å². The van der Waals surface area contributed by atoms with Crippen LogP contribution in [-0.2, 0) is 0 Å². The average Bonchev–Trinajstić information content (AvgIpc) is 2.87. The van der Waals surface area contributed by atoms with Gasteiger partial charge in [-0.2, -0.15) is 0 Å². The van der Waals surface area contributed by atoms with Crippen LogP contribution < -0.4 is 0 Å². The molecule has 0 N–H and O–H groups in total. The van der Waals surface area contributed by atoms with E-state index in [-0.39, 0.29) is 0 Å². The number of hydrogen-bond donors (Lipinski definition) is 0. The van der Waals surface area contributed by atoms with E-state index in [0.29, 0.717) is 16.2 Å². The molecular formula is C20H38. The standard InChI is InChI=1S/C20H38/c1-9-10-17(14(2)3)11-12-20(15(4)5)16(6)18(7)13-19(18,20)8/h14-17H,9-13H2,1-8H3. The smallest absolute Gasteiger partial charge is 0.0184 e. The van der Waals surface area contributed by atoms with Crippen molar-refractivity contribution in [2.24, 2.45) is 39.9 Å². The van der Waals surface area contributed by atoms with Gasteiger partial charge in [0.25, 0.3) is 0 Å². The first-order chi connectivity index (χ1) is 9.17. The Balaban J connectivity index is 2.09. The molecule has 0 heterocycles. The molecule has 0 bridgehead atoms. The highest BCUT2D eigenvalue weighted by atomic mass is 14.9. The molecular weight excluding hydrogens is 240 g/mol. The molecule has 0 nitrogen and oxygen atoms in total. The molecule has 0 saturated heterocycles. The van der Waals surface area contributed by atoms with Crippen molar-refractivity contribution in [1.82, 2.24) is 0 Å². The summed E-state index contributed by atoms with van der Waals surface area (Å²) in [7, 11) is 0. The summed E-state index contributed by atoms with van der Waals surface area (Å²) >= 11 is 0. The van der Waals surface area contributed by atoms with Crippen LogP contribution in [0.1, 0.15) is 87.5 Å². The molecule has 0 heteroatoms. The molecule has 0 amide bonds. The lowest BCUT2D eigenvalue weighted by Gasteiger charge is -2.61. The van der Waals surface area contributed by atoms with Crippen LogP contribution in [0.25, 0.3) is 0 Å². The number of fused-ring (bicyclic) bond motifs is 1. The minimum Gasteiger partial charge on any atom is -0.0654 e. The molecule has 2 fully saturated rings. The van der Waals surface area contributed by atoms with Crippen LogP contribution in [0.15, 0.2) is 0 Å². The van der Waals surface area contributed by atoms with Crippen LogP contribution in [0.3, 0.4) is 0 Å². The molecule has 0 aromatic rings. The van der Waals surface area contributed by atoms with Gasteiger partial charge in [0.1, 0.15) is 0 Å². The molecule has 2 aliphatic carbocycles. The summed E-state index contributed by atoms with van der Waals surface area (Å²) in [5.41, 5.74) is 1.96. The predicted octanol–water partition coefficient (Wildman–Crippen LogP) is 6.55. The van der Waals surface area contributed by atoms with E-state index in [0.717, 1.165) is 23.7 Å². The lowest BCUT2D eigenvalue weighted by molar-refractivity contribution is -0.140. The molecule has 0 spiro atoms. The van der Waals surface area contributed by atoms with Gasteiger partial charge in [-0.15, -0.1) is 0 Å². The molecule has 0 aliphatic heterocycles. The summed E-state index contributed by atoms with van der Waals surface area (Å²) in [4.78, 5) is 0. The molecule has 5 unspecified atom stereocenters. The van der Waals surface area contributed by atoms with Crippen LogP contribution >= 0.6 is 0 Å². The van der Waals surface area contributed by atoms with Crippen LogP contribution in [0.2, 0.25) is 0 Å². The molecule has 2 aliphatic rings. The van der Waals surface area contributed by atoms with Gasteiger partial charge in [0, 0.05) is 0 Å². The van der Waals surface area contributed by atoms with Crippen molar-refractivity contribution in [2.75, 3.05) is 0 Å². The van der Waals surface area contributed by atoms with Crippen LogP contribution in [-0.4, -0.2) is 0 Å². The van der Waals surface area contributed by atoms with Gasteiger partial charge in [0.15, 0.2) is 0 Å². The Hall–Kier alpha value is 0. The van der Waals surface area contributed by atoms with Crippen molar-refractivity contribution >= 4 is 0 Å². The molecule has 0 aromatic carbocycles. The minimum atomic E-state index is 0.628. The molecule has 118 valence electrons. The van der Waals surface area contributed by atoms with Gasteiger partial charge < -0.3 is 0 Å². The fourth-order valence-electron chi connectivity index (χ4n) is 6.51. The van der Waals surface area contributed by atoms with Gasteiger partial charge in [-0.3, -0.25) is 0 Å². The maximum Gasteiger partial charge on any atom is -0.0184 e. The maximum atomic E-state index is 2.59. The van der Waals surface area contributed by atoms with E-state index in [4.69, 9.17) is 0 Å². The van der Waals surface area contributed by atoms with Gasteiger partial charge in [-0.25, -0.2) is 0 Å². The van der Waals surface area contributed by atoms with Crippen LogP contribution in [0.4, 0.5) is 0 Å². The fraction of sp³-hybridized carbons (Fsp3) is 1.00. The predicted molar refractivity (Wildman–Crippen MR) is 89.7 cm³/mol. The normalized spacial score (nSPS) is 44.4. The van der Waals surface area contributed by atoms with Gasteiger partial charge in [-0.1, -0.05) is 68.2 Å². The summed E-state index contributed by atoms with van der Waals surface area (Å²) in [6.45, 7) is 19.9. The first-order valence-corrected chi connectivity index (χ1v) is 9.17. The summed E-state index contributed by atoms with van der Waals surface area (Å²) in [5.74, 6) is 3.56. The fourth-order valence-corrected chi connectivity index (χ4v) is 6.51. The Morgan fingerprint density at radius 3 is 2.00 bits per heavy atom. The monoisotopic (exact) mass is 278 g/mol. The number of rotatable bonds is 7. The van der Waals surface area contributed by atoms with E-state index < -0.39 is 0 Å². The Bertz CT molecular complexity index is 355. The van der Waals surface area contributed by atoms with E-state index in [1.165, 1.54) is 32.1 Å². The molecule has 2 rings (SSSR count). The Morgan fingerprint density at radius 1 is 1.05 bits per heavy atom. The highest BCUT2D eigenvalue weighted by Gasteiger charge is 2.84. The summed E-state index contributed by atoms with van der Waals surface area (Å²) < 4.78 is 0. The maximum absolute atomic E-state index is 2.59. The first-order valence-electron chi connectivity index (χ1n) is 9.17. The second-order valence-electron chi connectivity index (χ2n) is 9.17. The van der Waals surface area contributed by atoms with Gasteiger partial charge in [-0.05, 0) is 59.2 Å². The summed E-state index contributed by atoms with van der Waals surface area (Å²) in [5, 5.41) is 0. The van der Waals surface area contributed by atoms with Gasteiger partial charge in [0.2, 0.25) is 0 Å². The molecule has 5 atom stereocenters. The lowest BCUT2D eigenvalue weighted by atomic mass is 9.43. The Kier molecular flexibility index (Phi) is 4.11. The first kappa shape index (κ1) is 16.4. The Morgan fingerprint density at radius 2 is 1.65 bits per heavy atom. The van der Waals surface area contributed by atoms with Crippen molar-refractivity contribution in [2.45, 2.75) is 87.5 Å². The third-order valence-electron chi connectivity index (χ3n) is 8.17. The third-order valence-corrected chi connectivity index (χ3v) is 8.17. The van der Waals surface area contributed by atoms with Gasteiger partial charge in [0.05, 0.1) is 0 Å². The highest BCUT2D eigenvalue weighted by Crippen LogP contribution is 2.90. The molecule has 0 aromatic heterocycles. The SMILES string of the molecule is CCCC(CCC1(C(C)C)C(C)C2(C)CC21C)C(C)C. The molecule has 0 radical (unpaired) electrons. The van der Waals surface area contributed by atoms with Gasteiger partial charge >= 0.3 is 0 Å². The molecule has 2 saturated carbocycles. The quantitative estimate of drug-likeness (QED) is 0.495. The third kappa shape index (κ3) is 1.85. The average molecular weight is 279 g/mol. The minimum absolute atomic E-state index is 0.628. The largest absolute Gasteiger partial charge is 0.0654 e. The molecule has 20 heavy (non-hydrogen) atoms. The highest BCUT2D eigenvalue weighted by molar-refractivity contribution is 5.32. The van der Waals surface area contributed by atoms with Crippen molar-refractivity contribution in [3.8, 4) is 0 Å². The summed E-state index contributed by atoms with van der Waals surface area (Å²) in [6.07, 6.45) is 7.19. The van der Waals surface area contributed by atoms with E-state index >= 15 is 0 Å². The van der Waals surface area contributed by atoms with E-state index in [1.807, 2.05) is 0 Å². The Labute approximate surface area is 128 Å². The van der Waals surface area contributed by atoms with Crippen molar-refractivity contribution in [3.63, 3.8) is 0 Å². The summed E-state index contributed by atoms with van der Waals surface area (Å²) in [6, 6.07) is 0. The lowest BCUT2D eigenvalue weighted by Crippen LogP contribution is -2.56. The van der Waals surface area contributed by atoms with E-state index in [9.17, 15) is 0 Å². The second-order valence-corrected chi connectivity index (χ2v) is 9.17. The second kappa shape index (κ2) is 5.03. The van der Waals surface area contributed by atoms with Crippen molar-refractivity contribution in [1.29, 1.82) is 0 Å². The van der Waals surface area contributed by atoms with Crippen LogP contribution in [0, 0.1) is 39.9 Å².